The lowest BCUT2D eigenvalue weighted by atomic mass is 9.64. The van der Waals surface area contributed by atoms with Crippen molar-refractivity contribution < 1.29 is 9.53 Å². The van der Waals surface area contributed by atoms with Crippen LogP contribution in [0.2, 0.25) is 0 Å². The van der Waals surface area contributed by atoms with E-state index >= 15 is 0 Å². The first kappa shape index (κ1) is 11.8. The maximum absolute atomic E-state index is 12.4. The molecule has 2 aliphatic carbocycles. The van der Waals surface area contributed by atoms with E-state index in [2.05, 4.69) is 19.1 Å². The minimum absolute atomic E-state index is 0.000880. The minimum Gasteiger partial charge on any atom is -0.465 e. The molecule has 1 aromatic rings. The summed E-state index contributed by atoms with van der Waals surface area (Å²) in [4.78, 5) is 12.4. The zero-order chi connectivity index (χ0) is 12.6. The third-order valence-electron chi connectivity index (χ3n) is 4.63. The Morgan fingerprint density at radius 2 is 2.00 bits per heavy atom. The molecule has 1 aromatic carbocycles. The smallest absolute Gasteiger partial charge is 0.316 e. The molecule has 0 N–H and O–H groups in total. The summed E-state index contributed by atoms with van der Waals surface area (Å²) >= 11 is 0. The third kappa shape index (κ3) is 1.94. The van der Waals surface area contributed by atoms with E-state index in [1.54, 1.807) is 0 Å². The topological polar surface area (TPSA) is 26.3 Å². The van der Waals surface area contributed by atoms with Gasteiger partial charge in [0, 0.05) is 0 Å². The molecule has 0 heterocycles. The van der Waals surface area contributed by atoms with Gasteiger partial charge in [-0.2, -0.15) is 0 Å². The molecule has 3 rings (SSSR count). The van der Waals surface area contributed by atoms with E-state index in [4.69, 9.17) is 4.74 Å². The highest BCUT2D eigenvalue weighted by Gasteiger charge is 2.47. The molecule has 0 aromatic heterocycles. The van der Waals surface area contributed by atoms with Crippen molar-refractivity contribution in [2.75, 3.05) is 6.61 Å². The van der Waals surface area contributed by atoms with Crippen molar-refractivity contribution in [1.29, 1.82) is 0 Å². The normalized spacial score (nSPS) is 28.3. The Hall–Kier alpha value is -1.31. The number of carbonyl (C=O) groups is 1. The molecule has 2 saturated carbocycles. The molecule has 2 aliphatic rings. The second-order valence-electron chi connectivity index (χ2n) is 5.87. The van der Waals surface area contributed by atoms with Crippen LogP contribution in [0.1, 0.15) is 38.2 Å². The summed E-state index contributed by atoms with van der Waals surface area (Å²) in [6, 6.07) is 10.1. The van der Waals surface area contributed by atoms with Gasteiger partial charge in [0.1, 0.15) is 0 Å². The second kappa shape index (κ2) is 4.42. The van der Waals surface area contributed by atoms with Gasteiger partial charge in [-0.25, -0.2) is 0 Å². The number of esters is 1. The quantitative estimate of drug-likeness (QED) is 0.760. The van der Waals surface area contributed by atoms with Crippen LogP contribution in [-0.4, -0.2) is 12.6 Å². The monoisotopic (exact) mass is 244 g/mol. The van der Waals surface area contributed by atoms with Gasteiger partial charge in [-0.05, 0) is 36.7 Å². The highest BCUT2D eigenvalue weighted by Crippen LogP contribution is 2.45. The van der Waals surface area contributed by atoms with E-state index in [0.717, 1.165) is 30.7 Å². The molecule has 18 heavy (non-hydrogen) atoms. The van der Waals surface area contributed by atoms with Gasteiger partial charge in [0.25, 0.3) is 0 Å². The maximum atomic E-state index is 12.4. The van der Waals surface area contributed by atoms with E-state index < -0.39 is 0 Å². The van der Waals surface area contributed by atoms with Crippen LogP contribution in [0.15, 0.2) is 30.3 Å². The Morgan fingerprint density at radius 1 is 1.33 bits per heavy atom. The third-order valence-corrected chi connectivity index (χ3v) is 4.63. The van der Waals surface area contributed by atoms with Crippen LogP contribution >= 0.6 is 0 Å². The van der Waals surface area contributed by atoms with Crippen molar-refractivity contribution in [3.8, 4) is 0 Å². The summed E-state index contributed by atoms with van der Waals surface area (Å²) in [5.74, 6) is 1.35. The predicted molar refractivity (Wildman–Crippen MR) is 70.2 cm³/mol. The second-order valence-corrected chi connectivity index (χ2v) is 5.87. The Labute approximate surface area is 108 Å². The lowest BCUT2D eigenvalue weighted by Gasteiger charge is -2.39. The standard InChI is InChI=1S/C16H20O2/c1-12-10-13(12)11-18-15(17)16(8-5-9-16)14-6-3-2-4-7-14/h2-4,6-7,12-13H,5,8-11H2,1H3. The fourth-order valence-corrected chi connectivity index (χ4v) is 2.85. The Balaban J connectivity index is 1.69. The average Bonchev–Trinajstić information content (AvgIpc) is 3.03. The van der Waals surface area contributed by atoms with E-state index in [-0.39, 0.29) is 11.4 Å². The SMILES string of the molecule is CC1CC1COC(=O)C1(c2ccccc2)CCC1. The van der Waals surface area contributed by atoms with E-state index in [9.17, 15) is 4.79 Å². The first-order chi connectivity index (χ1) is 8.72. The fourth-order valence-electron chi connectivity index (χ4n) is 2.85. The molecule has 2 atom stereocenters. The zero-order valence-electron chi connectivity index (χ0n) is 10.9. The lowest BCUT2D eigenvalue weighted by molar-refractivity contribution is -0.155. The molecule has 0 spiro atoms. The van der Waals surface area contributed by atoms with Crippen LogP contribution in [0.3, 0.4) is 0 Å². The van der Waals surface area contributed by atoms with Gasteiger partial charge < -0.3 is 4.74 Å². The molecule has 2 unspecified atom stereocenters. The van der Waals surface area contributed by atoms with Crippen molar-refractivity contribution in [3.63, 3.8) is 0 Å². The molecule has 0 amide bonds. The minimum atomic E-state index is -0.334. The number of hydrogen-bond donors (Lipinski definition) is 0. The number of ether oxygens (including phenoxy) is 1. The number of hydrogen-bond acceptors (Lipinski definition) is 2. The van der Waals surface area contributed by atoms with Crippen LogP contribution in [0.4, 0.5) is 0 Å². The Morgan fingerprint density at radius 3 is 2.50 bits per heavy atom. The summed E-state index contributed by atoms with van der Waals surface area (Å²) in [6.45, 7) is 2.84. The van der Waals surface area contributed by atoms with Crippen molar-refractivity contribution in [1.82, 2.24) is 0 Å². The highest BCUT2D eigenvalue weighted by atomic mass is 16.5. The molecule has 2 fully saturated rings. The van der Waals surface area contributed by atoms with Crippen molar-refractivity contribution in [3.05, 3.63) is 35.9 Å². The molecule has 2 heteroatoms. The van der Waals surface area contributed by atoms with Crippen molar-refractivity contribution in [2.45, 2.75) is 38.0 Å². The molecule has 96 valence electrons. The Bertz CT molecular complexity index is 434. The van der Waals surface area contributed by atoms with Gasteiger partial charge in [-0.15, -0.1) is 0 Å². The van der Waals surface area contributed by atoms with Crippen molar-refractivity contribution in [2.24, 2.45) is 11.8 Å². The van der Waals surface area contributed by atoms with Crippen LogP contribution < -0.4 is 0 Å². The van der Waals surface area contributed by atoms with Gasteiger partial charge in [0.2, 0.25) is 0 Å². The first-order valence-electron chi connectivity index (χ1n) is 6.95. The molecule has 0 bridgehead atoms. The zero-order valence-corrected chi connectivity index (χ0v) is 10.9. The van der Waals surface area contributed by atoms with Crippen LogP contribution in [-0.2, 0) is 14.9 Å². The number of rotatable bonds is 4. The van der Waals surface area contributed by atoms with Gasteiger partial charge >= 0.3 is 5.97 Å². The van der Waals surface area contributed by atoms with Gasteiger partial charge in [-0.3, -0.25) is 4.79 Å². The molecule has 2 nitrogen and oxygen atoms in total. The van der Waals surface area contributed by atoms with Gasteiger partial charge in [-0.1, -0.05) is 43.7 Å². The van der Waals surface area contributed by atoms with Crippen LogP contribution in [0.25, 0.3) is 0 Å². The molecular weight excluding hydrogens is 224 g/mol. The number of carbonyl (C=O) groups excluding carboxylic acids is 1. The van der Waals surface area contributed by atoms with E-state index in [1.165, 1.54) is 6.42 Å². The molecule has 0 saturated heterocycles. The van der Waals surface area contributed by atoms with Gasteiger partial charge in [0.05, 0.1) is 12.0 Å². The highest BCUT2D eigenvalue weighted by molar-refractivity contribution is 5.84. The summed E-state index contributed by atoms with van der Waals surface area (Å²) < 4.78 is 5.56. The summed E-state index contributed by atoms with van der Waals surface area (Å²) in [5.41, 5.74) is 0.796. The van der Waals surface area contributed by atoms with E-state index in [0.29, 0.717) is 12.5 Å². The maximum Gasteiger partial charge on any atom is 0.316 e. The van der Waals surface area contributed by atoms with E-state index in [1.807, 2.05) is 18.2 Å². The Kier molecular flexibility index (Phi) is 2.89. The summed E-state index contributed by atoms with van der Waals surface area (Å²) in [6.07, 6.45) is 4.22. The predicted octanol–water partition coefficient (Wildman–Crippen LogP) is 3.31. The molecule has 0 aliphatic heterocycles. The van der Waals surface area contributed by atoms with Crippen LogP contribution in [0, 0.1) is 11.8 Å². The largest absolute Gasteiger partial charge is 0.465 e. The molecule has 0 radical (unpaired) electrons. The fraction of sp³-hybridized carbons (Fsp3) is 0.562. The van der Waals surface area contributed by atoms with Gasteiger partial charge in [0.15, 0.2) is 0 Å². The first-order valence-corrected chi connectivity index (χ1v) is 6.95. The summed E-state index contributed by atoms with van der Waals surface area (Å²) in [7, 11) is 0. The van der Waals surface area contributed by atoms with Crippen LogP contribution in [0.5, 0.6) is 0 Å². The lowest BCUT2D eigenvalue weighted by Crippen LogP contribution is -2.43. The average molecular weight is 244 g/mol. The summed E-state index contributed by atoms with van der Waals surface area (Å²) in [5, 5.41) is 0. The number of benzene rings is 1. The molecular formula is C16H20O2. The van der Waals surface area contributed by atoms with Crippen molar-refractivity contribution >= 4 is 5.97 Å².